The van der Waals surface area contributed by atoms with Crippen molar-refractivity contribution in [1.82, 2.24) is 10.2 Å². The molecule has 4 rings (SSSR count). The Morgan fingerprint density at radius 1 is 1.05 bits per heavy atom. The van der Waals surface area contributed by atoms with Crippen molar-refractivity contribution in [2.75, 3.05) is 24.5 Å². The highest BCUT2D eigenvalue weighted by molar-refractivity contribution is 5.89. The number of halogens is 4. The molecule has 12 heteroatoms. The summed E-state index contributed by atoms with van der Waals surface area (Å²) in [6.45, 7) is -3.46. The van der Waals surface area contributed by atoms with Gasteiger partial charge in [-0.05, 0) is 44.7 Å². The fourth-order valence-corrected chi connectivity index (χ4v) is 5.27. The van der Waals surface area contributed by atoms with Gasteiger partial charge in [0.2, 0.25) is 11.8 Å². The van der Waals surface area contributed by atoms with E-state index in [0.29, 0.717) is 51.0 Å². The van der Waals surface area contributed by atoms with Crippen molar-refractivity contribution in [3.8, 4) is 17.6 Å². The van der Waals surface area contributed by atoms with Crippen LogP contribution in [0, 0.1) is 23.2 Å². The smallest absolute Gasteiger partial charge is 0.387 e. The number of rotatable bonds is 8. The fraction of sp³-hybridized carbons (Fsp3) is 0.640. The first-order chi connectivity index (χ1) is 17.6. The molecular formula is C25H30F4N4O4. The lowest BCUT2D eigenvalue weighted by Gasteiger charge is -2.43. The topological polar surface area (TPSA) is 94.9 Å². The number of piperazine rings is 1. The van der Waals surface area contributed by atoms with E-state index in [-0.39, 0.29) is 17.9 Å². The molecule has 1 aromatic rings. The summed E-state index contributed by atoms with van der Waals surface area (Å²) < 4.78 is 59.6. The third-order valence-electron chi connectivity index (χ3n) is 7.38. The summed E-state index contributed by atoms with van der Waals surface area (Å²) >= 11 is 0. The number of carbonyl (C=O) groups excluding carboxylic acids is 2. The maximum Gasteiger partial charge on any atom is 0.387 e. The Balaban J connectivity index is 1.43. The Morgan fingerprint density at radius 2 is 1.70 bits per heavy atom. The summed E-state index contributed by atoms with van der Waals surface area (Å²) in [6.07, 6.45) is 4.13. The number of nitrogens with one attached hydrogen (secondary N) is 1. The number of hydrogen-bond donors (Lipinski definition) is 1. The van der Waals surface area contributed by atoms with Crippen LogP contribution < -0.4 is 19.7 Å². The van der Waals surface area contributed by atoms with Crippen molar-refractivity contribution < 1.29 is 36.6 Å². The van der Waals surface area contributed by atoms with E-state index in [1.165, 1.54) is 12.1 Å². The molecule has 3 atom stereocenters. The van der Waals surface area contributed by atoms with Gasteiger partial charge in [0.05, 0.1) is 6.07 Å². The first-order valence-corrected chi connectivity index (χ1v) is 12.4. The Hall–Kier alpha value is -3.23. The highest BCUT2D eigenvalue weighted by Crippen LogP contribution is 2.38. The monoisotopic (exact) mass is 526 g/mol. The van der Waals surface area contributed by atoms with Gasteiger partial charge in [0.1, 0.15) is 5.54 Å². The van der Waals surface area contributed by atoms with Crippen LogP contribution in [-0.4, -0.2) is 61.2 Å². The summed E-state index contributed by atoms with van der Waals surface area (Å²) in [5, 5.41) is 12.2. The predicted molar refractivity (Wildman–Crippen MR) is 124 cm³/mol. The molecule has 8 nitrogen and oxygen atoms in total. The van der Waals surface area contributed by atoms with Crippen molar-refractivity contribution in [3.63, 3.8) is 0 Å². The lowest BCUT2D eigenvalue weighted by Crippen LogP contribution is -2.57. The summed E-state index contributed by atoms with van der Waals surface area (Å²) in [6, 6.07) is 5.75. The second kappa shape index (κ2) is 11.0. The molecule has 1 saturated heterocycles. The number of benzene rings is 1. The summed E-state index contributed by atoms with van der Waals surface area (Å²) in [7, 11) is 0. The first-order valence-electron chi connectivity index (χ1n) is 12.4. The largest absolute Gasteiger partial charge is 0.431 e. The zero-order valence-corrected chi connectivity index (χ0v) is 20.5. The van der Waals surface area contributed by atoms with E-state index in [4.69, 9.17) is 0 Å². The molecule has 1 aromatic carbocycles. The van der Waals surface area contributed by atoms with E-state index in [1.54, 1.807) is 4.90 Å². The number of amides is 2. The normalized spacial score (nSPS) is 25.0. The van der Waals surface area contributed by atoms with E-state index in [2.05, 4.69) is 20.9 Å². The average molecular weight is 527 g/mol. The van der Waals surface area contributed by atoms with Crippen LogP contribution in [0.15, 0.2) is 18.2 Å². The molecule has 2 aliphatic carbocycles. The number of carbonyl (C=O) groups is 2. The molecule has 1 unspecified atom stereocenters. The zero-order chi connectivity index (χ0) is 26.7. The van der Waals surface area contributed by atoms with Gasteiger partial charge in [-0.25, -0.2) is 0 Å². The van der Waals surface area contributed by atoms with Crippen molar-refractivity contribution >= 4 is 17.5 Å². The third-order valence-corrected chi connectivity index (χ3v) is 7.38. The van der Waals surface area contributed by atoms with E-state index in [9.17, 15) is 32.4 Å². The predicted octanol–water partition coefficient (Wildman–Crippen LogP) is 3.91. The van der Waals surface area contributed by atoms with Crippen molar-refractivity contribution in [2.45, 2.75) is 70.3 Å². The molecule has 2 saturated carbocycles. The lowest BCUT2D eigenvalue weighted by molar-refractivity contribution is -0.145. The van der Waals surface area contributed by atoms with Gasteiger partial charge in [0.15, 0.2) is 11.5 Å². The van der Waals surface area contributed by atoms with E-state index >= 15 is 0 Å². The van der Waals surface area contributed by atoms with Gasteiger partial charge in [-0.1, -0.05) is 12.8 Å². The minimum Gasteiger partial charge on any atom is -0.431 e. The van der Waals surface area contributed by atoms with Gasteiger partial charge < -0.3 is 24.6 Å². The highest BCUT2D eigenvalue weighted by atomic mass is 19.3. The molecule has 3 fully saturated rings. The van der Waals surface area contributed by atoms with Crippen LogP contribution in [0.2, 0.25) is 0 Å². The minimum atomic E-state index is -3.22. The fourth-order valence-electron chi connectivity index (χ4n) is 5.27. The van der Waals surface area contributed by atoms with Crippen LogP contribution in [0.5, 0.6) is 11.5 Å². The molecule has 37 heavy (non-hydrogen) atoms. The van der Waals surface area contributed by atoms with E-state index < -0.39 is 42.1 Å². The number of nitrogens with zero attached hydrogens (tertiary/aromatic N) is 3. The molecule has 3 aliphatic rings. The first kappa shape index (κ1) is 26.8. The number of alkyl halides is 4. The van der Waals surface area contributed by atoms with Gasteiger partial charge in [0.25, 0.3) is 0 Å². The molecule has 1 heterocycles. The molecule has 1 aliphatic heterocycles. The summed E-state index contributed by atoms with van der Waals surface area (Å²) in [5.74, 6) is -2.27. The average Bonchev–Trinajstić information content (AvgIpc) is 3.63. The minimum absolute atomic E-state index is 0.101. The molecule has 0 aromatic heterocycles. The third kappa shape index (κ3) is 6.19. The maximum atomic E-state index is 13.6. The summed E-state index contributed by atoms with van der Waals surface area (Å²) in [5.41, 5.74) is -0.318. The van der Waals surface area contributed by atoms with Crippen molar-refractivity contribution in [1.29, 1.82) is 5.26 Å². The van der Waals surface area contributed by atoms with Crippen LogP contribution in [0.25, 0.3) is 0 Å². The summed E-state index contributed by atoms with van der Waals surface area (Å²) in [4.78, 5) is 30.1. The quantitative estimate of drug-likeness (QED) is 0.517. The standard InChI is InChI=1S/C25H30F4N4O4/c1-15-13-32(16-6-7-19(36-23(26)27)20(12-16)37-24(28)29)10-11-33(15)22(35)18-5-3-2-4-17(18)21(34)31-25(14-30)8-9-25/h6-7,12,15,17-18,23-24H,2-5,8-11,13H2,1H3,(H,31,34)/t15-,17?,18-/m1/s1. The van der Waals surface area contributed by atoms with Crippen molar-refractivity contribution in [3.05, 3.63) is 18.2 Å². The van der Waals surface area contributed by atoms with Gasteiger partial charge in [-0.2, -0.15) is 22.8 Å². The zero-order valence-electron chi connectivity index (χ0n) is 20.5. The van der Waals surface area contributed by atoms with Crippen LogP contribution in [0.4, 0.5) is 23.2 Å². The second-order valence-corrected chi connectivity index (χ2v) is 9.90. The van der Waals surface area contributed by atoms with Crippen molar-refractivity contribution in [2.24, 2.45) is 11.8 Å². The molecule has 0 spiro atoms. The molecule has 202 valence electrons. The van der Waals surface area contributed by atoms with Crippen LogP contribution in [0.3, 0.4) is 0 Å². The molecule has 2 amide bonds. The molecule has 0 radical (unpaired) electrons. The van der Waals surface area contributed by atoms with Gasteiger partial charge in [-0.3, -0.25) is 9.59 Å². The Bertz CT molecular complexity index is 1050. The second-order valence-electron chi connectivity index (χ2n) is 9.90. The van der Waals surface area contributed by atoms with Gasteiger partial charge in [0, 0.05) is 49.3 Å². The van der Waals surface area contributed by atoms with E-state index in [1.807, 2.05) is 11.8 Å². The number of anilines is 1. The highest BCUT2D eigenvalue weighted by Gasteiger charge is 2.48. The maximum absolute atomic E-state index is 13.6. The Morgan fingerprint density at radius 3 is 2.30 bits per heavy atom. The van der Waals surface area contributed by atoms with Gasteiger partial charge >= 0.3 is 13.2 Å². The lowest BCUT2D eigenvalue weighted by atomic mass is 9.77. The number of nitriles is 1. The van der Waals surface area contributed by atoms with Crippen LogP contribution in [-0.2, 0) is 9.59 Å². The number of hydrogen-bond acceptors (Lipinski definition) is 6. The van der Waals surface area contributed by atoms with Crippen LogP contribution >= 0.6 is 0 Å². The Labute approximate surface area is 212 Å². The SMILES string of the molecule is C[C@@H]1CN(c2ccc(OC(F)F)c(OC(F)F)c2)CCN1C(=O)[C@@H]1CCCCC1C(=O)NC1(C#N)CC1. The molecule has 0 bridgehead atoms. The van der Waals surface area contributed by atoms with E-state index in [0.717, 1.165) is 18.9 Å². The molecular weight excluding hydrogens is 496 g/mol. The Kier molecular flexibility index (Phi) is 7.99. The number of ether oxygens (including phenoxy) is 2. The van der Waals surface area contributed by atoms with Gasteiger partial charge in [-0.15, -0.1) is 0 Å². The van der Waals surface area contributed by atoms with Crippen LogP contribution in [0.1, 0.15) is 45.4 Å². The molecule has 1 N–H and O–H groups in total.